The fourth-order valence-electron chi connectivity index (χ4n) is 1.68. The third-order valence-electron chi connectivity index (χ3n) is 2.68. The molecule has 0 aliphatic heterocycles. The average molecular weight is 286 g/mol. The van der Waals surface area contributed by atoms with Crippen molar-refractivity contribution in [2.45, 2.75) is 13.1 Å². The van der Waals surface area contributed by atoms with E-state index in [9.17, 15) is 13.2 Å². The lowest BCUT2D eigenvalue weighted by atomic mass is 10.2. The van der Waals surface area contributed by atoms with E-state index in [-0.39, 0.29) is 18.1 Å². The number of nitrogens with one attached hydrogen (secondary N) is 1. The highest BCUT2D eigenvalue weighted by Gasteiger charge is 2.07. The summed E-state index contributed by atoms with van der Waals surface area (Å²) in [5.41, 5.74) is 0.721. The van der Waals surface area contributed by atoms with Crippen LogP contribution < -0.4 is 5.32 Å². The van der Waals surface area contributed by atoms with Crippen molar-refractivity contribution in [3.63, 3.8) is 0 Å². The summed E-state index contributed by atoms with van der Waals surface area (Å²) < 4.78 is 39.6. The van der Waals surface area contributed by atoms with Crippen LogP contribution >= 0.6 is 11.6 Å². The summed E-state index contributed by atoms with van der Waals surface area (Å²) in [4.78, 5) is 0. The Morgan fingerprint density at radius 1 is 0.947 bits per heavy atom. The smallest absolute Gasteiger partial charge is 0.146 e. The Kier molecular flexibility index (Phi) is 4.45. The van der Waals surface area contributed by atoms with E-state index in [1.807, 2.05) is 0 Å². The quantitative estimate of drug-likeness (QED) is 0.894. The van der Waals surface area contributed by atoms with Crippen LogP contribution in [0, 0.1) is 17.5 Å². The first-order valence-electron chi connectivity index (χ1n) is 5.65. The molecule has 0 radical (unpaired) electrons. The molecule has 0 aliphatic rings. The largest absolute Gasteiger partial charge is 0.308 e. The Hall–Kier alpha value is -1.52. The Morgan fingerprint density at radius 3 is 2.42 bits per heavy atom. The van der Waals surface area contributed by atoms with Crippen LogP contribution in [-0.4, -0.2) is 0 Å². The molecule has 0 amide bonds. The van der Waals surface area contributed by atoms with Crippen LogP contribution in [0.15, 0.2) is 36.4 Å². The zero-order valence-electron chi connectivity index (χ0n) is 9.89. The van der Waals surface area contributed by atoms with Crippen LogP contribution in [0.4, 0.5) is 13.2 Å². The van der Waals surface area contributed by atoms with Gasteiger partial charge in [0, 0.05) is 30.3 Å². The van der Waals surface area contributed by atoms with Crippen molar-refractivity contribution in [3.05, 3.63) is 70.0 Å². The van der Waals surface area contributed by atoms with Gasteiger partial charge in [-0.25, -0.2) is 13.2 Å². The first kappa shape index (κ1) is 13.9. The van der Waals surface area contributed by atoms with Gasteiger partial charge in [-0.2, -0.15) is 0 Å². The highest BCUT2D eigenvalue weighted by atomic mass is 35.5. The Balaban J connectivity index is 1.98. The molecule has 2 aromatic rings. The topological polar surface area (TPSA) is 12.0 Å². The van der Waals surface area contributed by atoms with Crippen LogP contribution in [0.1, 0.15) is 11.1 Å². The molecule has 0 unspecified atom stereocenters. The van der Waals surface area contributed by atoms with E-state index in [0.29, 0.717) is 11.1 Å². The second-order valence-electron chi connectivity index (χ2n) is 4.05. The Bertz CT molecular complexity index is 587. The molecule has 0 bridgehead atoms. The molecule has 1 nitrogen and oxygen atoms in total. The molecule has 2 rings (SSSR count). The summed E-state index contributed by atoms with van der Waals surface area (Å²) in [5, 5.41) is 2.93. The van der Waals surface area contributed by atoms with Gasteiger partial charge in [0.15, 0.2) is 0 Å². The van der Waals surface area contributed by atoms with E-state index in [0.717, 1.165) is 6.07 Å². The third-order valence-corrected chi connectivity index (χ3v) is 2.97. The first-order chi connectivity index (χ1) is 9.08. The number of hydrogen-bond acceptors (Lipinski definition) is 1. The minimum absolute atomic E-state index is 0.0484. The summed E-state index contributed by atoms with van der Waals surface area (Å²) in [7, 11) is 0. The summed E-state index contributed by atoms with van der Waals surface area (Å²) in [6.45, 7) is 0.390. The predicted molar refractivity (Wildman–Crippen MR) is 68.3 cm³/mol. The molecule has 0 fully saturated rings. The van der Waals surface area contributed by atoms with Crippen molar-refractivity contribution in [1.29, 1.82) is 0 Å². The van der Waals surface area contributed by atoms with Gasteiger partial charge in [0.05, 0.1) is 5.02 Å². The molecule has 0 heterocycles. The standard InChI is InChI=1S/C14H11ClF3N/c15-12-3-1-2-10(14(12)18)8-19-7-9-4-5-11(16)6-13(9)17/h1-6,19H,7-8H2. The van der Waals surface area contributed by atoms with Gasteiger partial charge in [-0.05, 0) is 12.1 Å². The van der Waals surface area contributed by atoms with Gasteiger partial charge in [-0.15, -0.1) is 0 Å². The van der Waals surface area contributed by atoms with Crippen LogP contribution in [0.3, 0.4) is 0 Å². The zero-order valence-corrected chi connectivity index (χ0v) is 10.6. The van der Waals surface area contributed by atoms with E-state index >= 15 is 0 Å². The maximum atomic E-state index is 13.6. The molecule has 0 saturated carbocycles. The van der Waals surface area contributed by atoms with Gasteiger partial charge >= 0.3 is 0 Å². The number of hydrogen-bond donors (Lipinski definition) is 1. The van der Waals surface area contributed by atoms with Crippen LogP contribution in [-0.2, 0) is 13.1 Å². The van der Waals surface area contributed by atoms with Gasteiger partial charge in [-0.3, -0.25) is 0 Å². The summed E-state index contributed by atoms with van der Waals surface area (Å²) in [5.74, 6) is -1.74. The van der Waals surface area contributed by atoms with Crippen molar-refractivity contribution in [3.8, 4) is 0 Å². The lowest BCUT2D eigenvalue weighted by Gasteiger charge is -2.08. The number of halogens is 4. The minimum Gasteiger partial charge on any atom is -0.308 e. The Morgan fingerprint density at radius 2 is 1.68 bits per heavy atom. The molecule has 0 saturated heterocycles. The van der Waals surface area contributed by atoms with Gasteiger partial charge in [0.25, 0.3) is 0 Å². The maximum absolute atomic E-state index is 13.6. The van der Waals surface area contributed by atoms with Crippen molar-refractivity contribution in [2.24, 2.45) is 0 Å². The summed E-state index contributed by atoms with van der Waals surface area (Å²) in [6.07, 6.45) is 0. The lowest BCUT2D eigenvalue weighted by molar-refractivity contribution is 0.553. The zero-order chi connectivity index (χ0) is 13.8. The normalized spacial score (nSPS) is 10.7. The van der Waals surface area contributed by atoms with Crippen LogP contribution in [0.5, 0.6) is 0 Å². The molecular formula is C14H11ClF3N. The van der Waals surface area contributed by atoms with E-state index in [2.05, 4.69) is 5.32 Å². The second-order valence-corrected chi connectivity index (χ2v) is 4.46. The van der Waals surface area contributed by atoms with Crippen molar-refractivity contribution in [1.82, 2.24) is 5.32 Å². The SMILES string of the molecule is Fc1ccc(CNCc2cccc(Cl)c2F)c(F)c1. The van der Waals surface area contributed by atoms with Gasteiger partial charge in [0.2, 0.25) is 0 Å². The van der Waals surface area contributed by atoms with Crippen molar-refractivity contribution in [2.75, 3.05) is 0 Å². The van der Waals surface area contributed by atoms with Gasteiger partial charge in [0.1, 0.15) is 17.5 Å². The number of benzene rings is 2. The fourth-order valence-corrected chi connectivity index (χ4v) is 1.88. The lowest BCUT2D eigenvalue weighted by Crippen LogP contribution is -2.14. The molecule has 5 heteroatoms. The van der Waals surface area contributed by atoms with Gasteiger partial charge < -0.3 is 5.32 Å². The molecule has 19 heavy (non-hydrogen) atoms. The second kappa shape index (κ2) is 6.08. The minimum atomic E-state index is -0.626. The molecular weight excluding hydrogens is 275 g/mol. The molecule has 0 atom stereocenters. The van der Waals surface area contributed by atoms with Crippen LogP contribution in [0.25, 0.3) is 0 Å². The van der Waals surface area contributed by atoms with E-state index in [1.54, 1.807) is 12.1 Å². The van der Waals surface area contributed by atoms with Gasteiger partial charge in [-0.1, -0.05) is 29.8 Å². The molecule has 2 aromatic carbocycles. The summed E-state index contributed by atoms with van der Waals surface area (Å²) >= 11 is 5.65. The molecule has 0 spiro atoms. The monoisotopic (exact) mass is 285 g/mol. The van der Waals surface area contributed by atoms with Crippen LogP contribution in [0.2, 0.25) is 5.02 Å². The average Bonchev–Trinajstić information content (AvgIpc) is 2.37. The molecule has 1 N–H and O–H groups in total. The van der Waals surface area contributed by atoms with Crippen molar-refractivity contribution >= 4 is 11.6 Å². The summed E-state index contributed by atoms with van der Waals surface area (Å²) in [6, 6.07) is 8.04. The van der Waals surface area contributed by atoms with E-state index < -0.39 is 17.5 Å². The number of rotatable bonds is 4. The maximum Gasteiger partial charge on any atom is 0.146 e. The predicted octanol–water partition coefficient (Wildman–Crippen LogP) is 4.05. The Labute approximate surface area is 114 Å². The molecule has 100 valence electrons. The van der Waals surface area contributed by atoms with E-state index in [4.69, 9.17) is 11.6 Å². The van der Waals surface area contributed by atoms with Crippen molar-refractivity contribution < 1.29 is 13.2 Å². The third kappa shape index (κ3) is 3.49. The highest BCUT2D eigenvalue weighted by Crippen LogP contribution is 2.17. The van der Waals surface area contributed by atoms with E-state index in [1.165, 1.54) is 18.2 Å². The first-order valence-corrected chi connectivity index (χ1v) is 6.03. The fraction of sp³-hybridized carbons (Fsp3) is 0.143. The molecule has 0 aromatic heterocycles. The highest BCUT2D eigenvalue weighted by molar-refractivity contribution is 6.30. The molecule has 0 aliphatic carbocycles.